The van der Waals surface area contributed by atoms with Crippen molar-refractivity contribution in [1.29, 1.82) is 0 Å². The number of rotatable bonds is 4. The van der Waals surface area contributed by atoms with E-state index in [0.717, 1.165) is 67.2 Å². The summed E-state index contributed by atoms with van der Waals surface area (Å²) in [6.07, 6.45) is 11.2. The van der Waals surface area contributed by atoms with Gasteiger partial charge in [0.1, 0.15) is 5.65 Å². The summed E-state index contributed by atoms with van der Waals surface area (Å²) in [5.41, 5.74) is 7.90. The number of nitrogens with two attached hydrogens (primary N) is 1. The molecule has 2 amide bonds. The van der Waals surface area contributed by atoms with Gasteiger partial charge in [0.05, 0.1) is 11.9 Å². The van der Waals surface area contributed by atoms with Crippen molar-refractivity contribution < 1.29 is 9.59 Å². The molecule has 1 aliphatic carbocycles. The number of carbonyl (C=O) groups is 2. The smallest absolute Gasteiger partial charge is 0.241 e. The molecule has 2 aliphatic rings. The minimum Gasteiger partial charge on any atom is -0.367 e. The van der Waals surface area contributed by atoms with Gasteiger partial charge in [0.25, 0.3) is 0 Å². The zero-order chi connectivity index (χ0) is 20.4. The number of pyridine rings is 1. The minimum atomic E-state index is -0.475. The third kappa shape index (κ3) is 4.28. The van der Waals surface area contributed by atoms with Gasteiger partial charge in [-0.15, -0.1) is 0 Å². The molecule has 0 atom stereocenters. The monoisotopic (exact) mass is 395 g/mol. The quantitative estimate of drug-likeness (QED) is 0.778. The number of nitrogens with one attached hydrogen (secondary N) is 1. The number of aromatic nitrogens is 2. The van der Waals surface area contributed by atoms with Crippen molar-refractivity contribution in [3.63, 3.8) is 0 Å². The first-order valence-electron chi connectivity index (χ1n) is 10.5. The van der Waals surface area contributed by atoms with Crippen LogP contribution in [-0.2, 0) is 9.59 Å². The predicted octanol–water partition coefficient (Wildman–Crippen LogP) is 2.54. The Kier molecular flexibility index (Phi) is 5.56. The Morgan fingerprint density at radius 2 is 1.90 bits per heavy atom. The fourth-order valence-corrected chi connectivity index (χ4v) is 4.45. The maximum atomic E-state index is 12.9. The number of primary amides is 1. The second kappa shape index (κ2) is 8.27. The molecular formula is C22H29N5O2. The molecule has 1 saturated carbocycles. The van der Waals surface area contributed by atoms with Crippen LogP contribution in [0, 0.1) is 11.8 Å². The molecule has 2 aromatic rings. The average Bonchev–Trinajstić information content (AvgIpc) is 3.14. The van der Waals surface area contributed by atoms with Gasteiger partial charge in [-0.2, -0.15) is 0 Å². The number of aromatic amines is 1. The Balaban J connectivity index is 1.41. The van der Waals surface area contributed by atoms with Crippen molar-refractivity contribution >= 4 is 34.6 Å². The zero-order valence-corrected chi connectivity index (χ0v) is 16.9. The second-order valence-electron chi connectivity index (χ2n) is 8.34. The highest BCUT2D eigenvalue weighted by atomic mass is 16.2. The number of nitrogens with zero attached hydrogens (tertiary/aromatic N) is 3. The number of hydrogen-bond acceptors (Lipinski definition) is 4. The minimum absolute atomic E-state index is 0.218. The van der Waals surface area contributed by atoms with Crippen LogP contribution in [0.4, 0.5) is 5.69 Å². The van der Waals surface area contributed by atoms with Gasteiger partial charge in [-0.25, -0.2) is 4.98 Å². The van der Waals surface area contributed by atoms with Crippen molar-refractivity contribution in [2.45, 2.75) is 32.6 Å². The molecule has 1 aliphatic heterocycles. The van der Waals surface area contributed by atoms with E-state index in [4.69, 9.17) is 5.73 Å². The molecule has 0 radical (unpaired) electrons. The van der Waals surface area contributed by atoms with Gasteiger partial charge < -0.3 is 20.5 Å². The lowest BCUT2D eigenvalue weighted by molar-refractivity contribution is -0.137. The average molecular weight is 396 g/mol. The van der Waals surface area contributed by atoms with Gasteiger partial charge in [0.15, 0.2) is 0 Å². The molecule has 0 bridgehead atoms. The number of amides is 2. The number of H-pyrrole nitrogens is 1. The molecule has 2 aromatic heterocycles. The molecule has 7 nitrogen and oxygen atoms in total. The number of carbonyl (C=O) groups excluding carboxylic acids is 2. The largest absolute Gasteiger partial charge is 0.367 e. The number of fused-ring (bicyclic) bond motifs is 1. The normalized spacial score (nSPS) is 23.1. The zero-order valence-electron chi connectivity index (χ0n) is 16.9. The summed E-state index contributed by atoms with van der Waals surface area (Å²) >= 11 is 0. The Morgan fingerprint density at radius 3 is 2.59 bits per heavy atom. The lowest BCUT2D eigenvalue weighted by atomic mass is 9.82. The van der Waals surface area contributed by atoms with Crippen LogP contribution in [0.5, 0.6) is 0 Å². The van der Waals surface area contributed by atoms with E-state index in [1.807, 2.05) is 17.3 Å². The van der Waals surface area contributed by atoms with Crippen LogP contribution in [-0.4, -0.2) is 52.9 Å². The van der Waals surface area contributed by atoms with Crippen molar-refractivity contribution in [2.24, 2.45) is 17.6 Å². The van der Waals surface area contributed by atoms with E-state index >= 15 is 0 Å². The summed E-state index contributed by atoms with van der Waals surface area (Å²) < 4.78 is 0. The Hall–Kier alpha value is -2.83. The van der Waals surface area contributed by atoms with Crippen molar-refractivity contribution in [1.82, 2.24) is 14.9 Å². The fraction of sp³-hybridized carbons (Fsp3) is 0.500. The van der Waals surface area contributed by atoms with Crippen LogP contribution >= 0.6 is 0 Å². The van der Waals surface area contributed by atoms with E-state index in [9.17, 15) is 9.59 Å². The van der Waals surface area contributed by atoms with Gasteiger partial charge in [0.2, 0.25) is 11.8 Å². The highest BCUT2D eigenvalue weighted by Gasteiger charge is 2.30. The lowest BCUT2D eigenvalue weighted by Gasteiger charge is -2.38. The summed E-state index contributed by atoms with van der Waals surface area (Å²) in [6.45, 7) is 5.40. The highest BCUT2D eigenvalue weighted by Crippen LogP contribution is 2.30. The first-order valence-corrected chi connectivity index (χ1v) is 10.5. The molecule has 3 heterocycles. The van der Waals surface area contributed by atoms with Gasteiger partial charge in [-0.05, 0) is 43.7 Å². The third-order valence-electron chi connectivity index (χ3n) is 6.30. The molecule has 154 valence electrons. The van der Waals surface area contributed by atoms with Crippen molar-refractivity contribution in [3.8, 4) is 0 Å². The van der Waals surface area contributed by atoms with E-state index in [0.29, 0.717) is 5.91 Å². The maximum Gasteiger partial charge on any atom is 0.241 e. The van der Waals surface area contributed by atoms with Crippen molar-refractivity contribution in [2.75, 3.05) is 31.1 Å². The molecular weight excluding hydrogens is 366 g/mol. The summed E-state index contributed by atoms with van der Waals surface area (Å²) in [4.78, 5) is 35.8. The van der Waals surface area contributed by atoms with E-state index in [-0.39, 0.29) is 5.92 Å². The second-order valence-corrected chi connectivity index (χ2v) is 8.34. The van der Waals surface area contributed by atoms with Crippen LogP contribution in [0.3, 0.4) is 0 Å². The van der Waals surface area contributed by atoms with E-state index < -0.39 is 5.91 Å². The van der Waals surface area contributed by atoms with E-state index in [2.05, 4.69) is 27.9 Å². The molecule has 7 heteroatoms. The summed E-state index contributed by atoms with van der Waals surface area (Å²) in [6, 6.07) is 2.08. The van der Waals surface area contributed by atoms with Crippen LogP contribution in [0.2, 0.25) is 0 Å². The van der Waals surface area contributed by atoms with Crippen LogP contribution in [0.1, 0.15) is 38.2 Å². The van der Waals surface area contributed by atoms with Gasteiger partial charge >= 0.3 is 0 Å². The van der Waals surface area contributed by atoms with E-state index in [1.54, 1.807) is 6.08 Å². The molecule has 2 fully saturated rings. The summed E-state index contributed by atoms with van der Waals surface area (Å²) in [7, 11) is 0. The van der Waals surface area contributed by atoms with Crippen molar-refractivity contribution in [3.05, 3.63) is 30.1 Å². The molecule has 0 aromatic carbocycles. The van der Waals surface area contributed by atoms with Crippen LogP contribution < -0.4 is 10.6 Å². The number of piperazine rings is 1. The highest BCUT2D eigenvalue weighted by molar-refractivity contribution is 5.95. The number of anilines is 1. The number of hydrogen-bond donors (Lipinski definition) is 2. The predicted molar refractivity (Wildman–Crippen MR) is 114 cm³/mol. The topological polar surface area (TPSA) is 95.3 Å². The SMILES string of the molecule is C[C@H]1CC[C@H](C(=O)N2CCN(c3cnc4[nH]cc(/C=C/C(N)=O)c4c3)CC2)CC1. The third-order valence-corrected chi connectivity index (χ3v) is 6.30. The Morgan fingerprint density at radius 1 is 1.17 bits per heavy atom. The Bertz CT molecular complexity index is 918. The molecule has 29 heavy (non-hydrogen) atoms. The molecule has 0 unspecified atom stereocenters. The van der Waals surface area contributed by atoms with Gasteiger partial charge in [-0.1, -0.05) is 6.92 Å². The van der Waals surface area contributed by atoms with Crippen LogP contribution in [0.25, 0.3) is 17.1 Å². The summed E-state index contributed by atoms with van der Waals surface area (Å²) in [5, 5.41) is 0.954. The Labute approximate surface area is 170 Å². The molecule has 1 saturated heterocycles. The lowest BCUT2D eigenvalue weighted by Crippen LogP contribution is -2.50. The molecule has 0 spiro atoms. The van der Waals surface area contributed by atoms with Gasteiger partial charge in [-0.3, -0.25) is 9.59 Å². The van der Waals surface area contributed by atoms with Crippen LogP contribution in [0.15, 0.2) is 24.5 Å². The first kappa shape index (κ1) is 19.5. The van der Waals surface area contributed by atoms with Gasteiger partial charge in [0, 0.05) is 55.3 Å². The summed E-state index contributed by atoms with van der Waals surface area (Å²) in [5.74, 6) is 0.844. The van der Waals surface area contributed by atoms with E-state index in [1.165, 1.54) is 18.9 Å². The first-order chi connectivity index (χ1) is 14.0. The maximum absolute atomic E-state index is 12.9. The standard InChI is InChI=1S/C22H29N5O2/c1-15-2-4-16(5-3-15)22(29)27-10-8-26(9-11-27)18-12-19-17(6-7-20(23)28)13-24-21(19)25-14-18/h6-7,12-16H,2-5,8-11H2,1H3,(H2,23,28)(H,24,25)/b7-6+/t15-,16-. The fourth-order valence-electron chi connectivity index (χ4n) is 4.45. The molecule has 4 rings (SSSR count). The molecule has 3 N–H and O–H groups in total.